The average molecular weight is 262 g/mol. The Morgan fingerprint density at radius 1 is 1.17 bits per heavy atom. The van der Waals surface area contributed by atoms with Gasteiger partial charge in [0.2, 0.25) is 0 Å². The largest absolute Gasteiger partial charge is 0.352 e. The molecule has 0 unspecified atom stereocenters. The summed E-state index contributed by atoms with van der Waals surface area (Å²) >= 11 is 5.95. The van der Waals surface area contributed by atoms with Crippen LogP contribution in [0, 0.1) is 5.92 Å². The summed E-state index contributed by atoms with van der Waals surface area (Å²) in [7, 11) is 0. The maximum atomic E-state index is 12.4. The fourth-order valence-corrected chi connectivity index (χ4v) is 2.99. The number of H-pyrrole nitrogens is 1. The van der Waals surface area contributed by atoms with Gasteiger partial charge in [-0.2, -0.15) is 0 Å². The summed E-state index contributed by atoms with van der Waals surface area (Å²) in [4.78, 5) is 15.6. The number of nitrogens with one attached hydrogen (secondary N) is 1. The van der Waals surface area contributed by atoms with E-state index in [1.165, 1.54) is 19.3 Å². The van der Waals surface area contributed by atoms with Crippen LogP contribution in [0.2, 0.25) is 5.02 Å². The first-order valence-electron chi connectivity index (χ1n) is 6.56. The molecule has 1 aromatic carbocycles. The van der Waals surface area contributed by atoms with E-state index >= 15 is 0 Å². The van der Waals surface area contributed by atoms with Crippen molar-refractivity contribution in [3.05, 3.63) is 35.0 Å². The highest BCUT2D eigenvalue weighted by molar-refractivity contribution is 6.31. The van der Waals surface area contributed by atoms with Gasteiger partial charge in [0.1, 0.15) is 0 Å². The minimum absolute atomic E-state index is 0.210. The van der Waals surface area contributed by atoms with Crippen LogP contribution in [0.25, 0.3) is 10.9 Å². The third-order valence-corrected chi connectivity index (χ3v) is 4.06. The van der Waals surface area contributed by atoms with Gasteiger partial charge in [-0.3, -0.25) is 4.79 Å². The third-order valence-electron chi connectivity index (χ3n) is 3.83. The second kappa shape index (κ2) is 4.77. The van der Waals surface area contributed by atoms with Crippen molar-refractivity contribution in [3.63, 3.8) is 0 Å². The number of aromatic nitrogens is 1. The van der Waals surface area contributed by atoms with Gasteiger partial charge in [0, 0.05) is 21.8 Å². The Hall–Kier alpha value is -1.28. The predicted molar refractivity (Wildman–Crippen MR) is 74.2 cm³/mol. The number of carbonyl (C=O) groups excluding carboxylic acids is 1. The first-order valence-corrected chi connectivity index (χ1v) is 6.94. The topological polar surface area (TPSA) is 32.9 Å². The molecule has 2 nitrogen and oxygen atoms in total. The summed E-state index contributed by atoms with van der Waals surface area (Å²) in [5, 5.41) is 1.75. The standard InChI is InChI=1S/C15H16ClNO/c16-12-7-6-11-8-14(17-13(11)9-12)15(18)10-4-2-1-3-5-10/h6-10,17H,1-5H2. The number of ketones is 1. The minimum atomic E-state index is 0.210. The van der Waals surface area contributed by atoms with Crippen LogP contribution in [0.1, 0.15) is 42.6 Å². The Morgan fingerprint density at radius 2 is 1.94 bits per heavy atom. The van der Waals surface area contributed by atoms with Gasteiger partial charge in [0.15, 0.2) is 5.78 Å². The number of halogens is 1. The zero-order valence-electron chi connectivity index (χ0n) is 10.2. The van der Waals surface area contributed by atoms with Crippen molar-refractivity contribution in [3.8, 4) is 0 Å². The van der Waals surface area contributed by atoms with Gasteiger partial charge in [-0.1, -0.05) is 36.9 Å². The maximum Gasteiger partial charge on any atom is 0.182 e. The Bertz CT molecular complexity index is 581. The Morgan fingerprint density at radius 3 is 2.72 bits per heavy atom. The van der Waals surface area contributed by atoms with Crippen molar-refractivity contribution in [1.82, 2.24) is 4.98 Å². The number of hydrogen-bond acceptors (Lipinski definition) is 1. The molecule has 3 heteroatoms. The Kier molecular flexibility index (Phi) is 3.13. The van der Waals surface area contributed by atoms with E-state index in [-0.39, 0.29) is 11.7 Å². The predicted octanol–water partition coefficient (Wildman–Crippen LogP) is 4.58. The van der Waals surface area contributed by atoms with Crippen molar-refractivity contribution in [2.45, 2.75) is 32.1 Å². The van der Waals surface area contributed by atoms with Crippen molar-refractivity contribution in [2.24, 2.45) is 5.92 Å². The molecule has 1 saturated carbocycles. The number of fused-ring (bicyclic) bond motifs is 1. The van der Waals surface area contributed by atoms with E-state index in [4.69, 9.17) is 11.6 Å². The summed E-state index contributed by atoms with van der Waals surface area (Å²) in [5.74, 6) is 0.476. The van der Waals surface area contributed by atoms with E-state index in [2.05, 4.69) is 4.98 Å². The Balaban J connectivity index is 1.91. The summed E-state index contributed by atoms with van der Waals surface area (Å²) in [6.07, 6.45) is 5.71. The lowest BCUT2D eigenvalue weighted by Crippen LogP contribution is -2.18. The molecule has 0 saturated heterocycles. The smallest absolute Gasteiger partial charge is 0.182 e. The van der Waals surface area contributed by atoms with Gasteiger partial charge in [-0.15, -0.1) is 0 Å². The quantitative estimate of drug-likeness (QED) is 0.789. The van der Waals surface area contributed by atoms with E-state index in [1.54, 1.807) is 0 Å². The fraction of sp³-hybridized carbons (Fsp3) is 0.400. The van der Waals surface area contributed by atoms with Gasteiger partial charge in [-0.05, 0) is 31.0 Å². The molecule has 0 amide bonds. The molecule has 0 atom stereocenters. The van der Waals surface area contributed by atoms with E-state index in [0.717, 1.165) is 29.4 Å². The number of carbonyl (C=O) groups is 1. The molecule has 2 aromatic rings. The van der Waals surface area contributed by atoms with E-state index in [1.807, 2.05) is 24.3 Å². The van der Waals surface area contributed by atoms with E-state index in [9.17, 15) is 4.79 Å². The molecule has 1 heterocycles. The van der Waals surface area contributed by atoms with Gasteiger partial charge in [-0.25, -0.2) is 0 Å². The first kappa shape index (κ1) is 11.8. The minimum Gasteiger partial charge on any atom is -0.352 e. The normalized spacial score (nSPS) is 17.2. The second-order valence-electron chi connectivity index (χ2n) is 5.11. The first-order chi connectivity index (χ1) is 8.74. The molecule has 0 bridgehead atoms. The maximum absolute atomic E-state index is 12.4. The van der Waals surface area contributed by atoms with Gasteiger partial charge in [0.25, 0.3) is 0 Å². The zero-order valence-corrected chi connectivity index (χ0v) is 11.0. The summed E-state index contributed by atoms with van der Waals surface area (Å²) in [6, 6.07) is 7.62. The van der Waals surface area contributed by atoms with Crippen LogP contribution >= 0.6 is 11.6 Å². The molecule has 18 heavy (non-hydrogen) atoms. The van der Waals surface area contributed by atoms with Gasteiger partial charge < -0.3 is 4.98 Å². The van der Waals surface area contributed by atoms with Crippen molar-refractivity contribution in [2.75, 3.05) is 0 Å². The SMILES string of the molecule is O=C(c1cc2ccc(Cl)cc2[nH]1)C1CCCCC1. The lowest BCUT2D eigenvalue weighted by atomic mass is 9.85. The molecular formula is C15H16ClNO. The molecule has 1 fully saturated rings. The van der Waals surface area contributed by atoms with Crippen LogP contribution in [0.15, 0.2) is 24.3 Å². The van der Waals surface area contributed by atoms with Crippen LogP contribution in [0.4, 0.5) is 0 Å². The fourth-order valence-electron chi connectivity index (χ4n) is 2.82. The molecule has 1 N–H and O–H groups in total. The van der Waals surface area contributed by atoms with Crippen molar-refractivity contribution in [1.29, 1.82) is 0 Å². The number of benzene rings is 1. The van der Waals surface area contributed by atoms with E-state index < -0.39 is 0 Å². The average Bonchev–Trinajstić information content (AvgIpc) is 2.81. The van der Waals surface area contributed by atoms with Crippen LogP contribution in [0.3, 0.4) is 0 Å². The van der Waals surface area contributed by atoms with Crippen molar-refractivity contribution >= 4 is 28.3 Å². The Labute approximate surface area is 111 Å². The molecule has 3 rings (SSSR count). The highest BCUT2D eigenvalue weighted by Gasteiger charge is 2.23. The molecule has 0 radical (unpaired) electrons. The molecule has 94 valence electrons. The number of Topliss-reactive ketones (excluding diaryl/α,β-unsaturated/α-hetero) is 1. The zero-order chi connectivity index (χ0) is 12.5. The number of hydrogen-bond donors (Lipinski definition) is 1. The molecule has 1 aliphatic rings. The monoisotopic (exact) mass is 261 g/mol. The molecular weight excluding hydrogens is 246 g/mol. The second-order valence-corrected chi connectivity index (χ2v) is 5.55. The van der Waals surface area contributed by atoms with E-state index in [0.29, 0.717) is 5.02 Å². The lowest BCUT2D eigenvalue weighted by molar-refractivity contribution is 0.0885. The molecule has 1 aliphatic carbocycles. The van der Waals surface area contributed by atoms with Crippen LogP contribution in [-0.4, -0.2) is 10.8 Å². The number of rotatable bonds is 2. The van der Waals surface area contributed by atoms with Crippen LogP contribution < -0.4 is 0 Å². The summed E-state index contributed by atoms with van der Waals surface area (Å²) < 4.78 is 0. The highest BCUT2D eigenvalue weighted by atomic mass is 35.5. The molecule has 1 aromatic heterocycles. The van der Waals surface area contributed by atoms with Crippen molar-refractivity contribution < 1.29 is 4.79 Å². The molecule has 0 aliphatic heterocycles. The van der Waals surface area contributed by atoms with Gasteiger partial charge in [0.05, 0.1) is 5.69 Å². The molecule has 0 spiro atoms. The number of aromatic amines is 1. The van der Waals surface area contributed by atoms with Crippen LogP contribution in [-0.2, 0) is 0 Å². The highest BCUT2D eigenvalue weighted by Crippen LogP contribution is 2.28. The summed E-state index contributed by atoms with van der Waals surface area (Å²) in [5.41, 5.74) is 1.68. The van der Waals surface area contributed by atoms with Crippen LogP contribution in [0.5, 0.6) is 0 Å². The lowest BCUT2D eigenvalue weighted by Gasteiger charge is -2.19. The summed E-state index contributed by atoms with van der Waals surface area (Å²) in [6.45, 7) is 0. The third kappa shape index (κ3) is 2.17. The van der Waals surface area contributed by atoms with Gasteiger partial charge >= 0.3 is 0 Å².